The largest absolute Gasteiger partial charge is 0.355 e. The lowest BCUT2D eigenvalue weighted by Gasteiger charge is -2.00. The number of nitrogens with one attached hydrogen (secondary N) is 2. The van der Waals surface area contributed by atoms with E-state index in [-0.39, 0.29) is 0 Å². The van der Waals surface area contributed by atoms with Crippen LogP contribution >= 0.6 is 31.9 Å². The molecule has 0 saturated heterocycles. The molecule has 0 aromatic carbocycles. The van der Waals surface area contributed by atoms with Gasteiger partial charge in [-0.1, -0.05) is 27.7 Å². The molecule has 0 aliphatic carbocycles. The van der Waals surface area contributed by atoms with E-state index in [9.17, 15) is 0 Å². The number of aryl methyl sites for hydroxylation is 2. The Morgan fingerprint density at radius 3 is 1.28 bits per heavy atom. The van der Waals surface area contributed by atoms with Crippen LogP contribution in [0, 0.1) is 0 Å². The van der Waals surface area contributed by atoms with Crippen molar-refractivity contribution in [3.8, 4) is 0 Å². The molecule has 3 aromatic rings. The monoisotopic (exact) mass is 606 g/mol. The summed E-state index contributed by atoms with van der Waals surface area (Å²) in [4.78, 5) is 17.6. The van der Waals surface area contributed by atoms with Crippen molar-refractivity contribution >= 4 is 76.2 Å². The molecule has 2 aliphatic heterocycles. The van der Waals surface area contributed by atoms with Gasteiger partial charge in [0.05, 0.1) is 42.8 Å². The molecule has 0 saturated carbocycles. The minimum absolute atomic E-state index is 0.931. The van der Waals surface area contributed by atoms with Crippen LogP contribution in [0.2, 0.25) is 0 Å². The third-order valence-electron chi connectivity index (χ3n) is 7.53. The predicted octanol–water partition coefficient (Wildman–Crippen LogP) is 9.65. The van der Waals surface area contributed by atoms with Crippen molar-refractivity contribution in [2.45, 2.75) is 67.2 Å². The average Bonchev–Trinajstić information content (AvgIpc) is 3.53. The second-order valence-electron chi connectivity index (χ2n) is 9.45. The van der Waals surface area contributed by atoms with Gasteiger partial charge in [-0.15, -0.1) is 0 Å². The molecular formula is C30H32Br2N4. The van der Waals surface area contributed by atoms with Crippen LogP contribution in [0.4, 0.5) is 0 Å². The molecule has 6 heteroatoms. The maximum absolute atomic E-state index is 5.11. The van der Waals surface area contributed by atoms with Crippen molar-refractivity contribution in [2.75, 3.05) is 0 Å². The molecule has 5 rings (SSSR count). The lowest BCUT2D eigenvalue weighted by atomic mass is 10.0. The smallest absolute Gasteiger partial charge is 0.0693 e. The van der Waals surface area contributed by atoms with Crippen molar-refractivity contribution in [1.82, 2.24) is 19.9 Å². The molecule has 2 N–H and O–H groups in total. The van der Waals surface area contributed by atoms with Gasteiger partial charge in [0.2, 0.25) is 0 Å². The molecule has 0 unspecified atom stereocenters. The Kier molecular flexibility index (Phi) is 6.86. The summed E-state index contributed by atoms with van der Waals surface area (Å²) in [6.45, 7) is 13.3. The molecule has 36 heavy (non-hydrogen) atoms. The Bertz CT molecular complexity index is 1500. The SMILES string of the molecule is CCC1=C(C)c2cc3[nH]c(cc4nc(cc5[nH]c(cc1n2)c(Br)c5Br)C(CC)=C4C)c(CC)c3CC. The highest BCUT2D eigenvalue weighted by atomic mass is 79.9. The molecule has 4 nitrogen and oxygen atoms in total. The molecule has 186 valence electrons. The van der Waals surface area contributed by atoms with Crippen molar-refractivity contribution in [3.05, 3.63) is 67.1 Å². The number of hydrogen-bond donors (Lipinski definition) is 2. The second kappa shape index (κ2) is 9.79. The summed E-state index contributed by atoms with van der Waals surface area (Å²) in [7, 11) is 0. The number of hydrogen-bond acceptors (Lipinski definition) is 2. The van der Waals surface area contributed by atoms with Gasteiger partial charge in [-0.25, -0.2) is 9.97 Å². The molecule has 0 amide bonds. The summed E-state index contributed by atoms with van der Waals surface area (Å²) in [5.41, 5.74) is 16.2. The van der Waals surface area contributed by atoms with E-state index in [1.54, 1.807) is 0 Å². The summed E-state index contributed by atoms with van der Waals surface area (Å²) in [6.07, 6.45) is 3.80. The van der Waals surface area contributed by atoms with Crippen molar-refractivity contribution < 1.29 is 0 Å². The van der Waals surface area contributed by atoms with Gasteiger partial charge in [0, 0.05) is 11.0 Å². The van der Waals surface area contributed by atoms with Gasteiger partial charge in [0.15, 0.2) is 0 Å². The van der Waals surface area contributed by atoms with E-state index >= 15 is 0 Å². The van der Waals surface area contributed by atoms with Crippen LogP contribution in [0.3, 0.4) is 0 Å². The maximum Gasteiger partial charge on any atom is 0.0693 e. The third-order valence-corrected chi connectivity index (χ3v) is 9.71. The second-order valence-corrected chi connectivity index (χ2v) is 11.0. The van der Waals surface area contributed by atoms with Crippen molar-refractivity contribution in [1.29, 1.82) is 0 Å². The molecule has 0 atom stereocenters. The van der Waals surface area contributed by atoms with E-state index < -0.39 is 0 Å². The number of halogens is 2. The van der Waals surface area contributed by atoms with Crippen molar-refractivity contribution in [3.63, 3.8) is 0 Å². The highest BCUT2D eigenvalue weighted by Gasteiger charge is 2.19. The van der Waals surface area contributed by atoms with Gasteiger partial charge in [-0.05, 0) is 129 Å². The summed E-state index contributed by atoms with van der Waals surface area (Å²) in [5, 5.41) is 0. The van der Waals surface area contributed by atoms with Gasteiger partial charge in [0.25, 0.3) is 0 Å². The maximum atomic E-state index is 5.11. The molecule has 3 aromatic heterocycles. The van der Waals surface area contributed by atoms with Crippen LogP contribution in [0.5, 0.6) is 0 Å². The molecule has 8 bridgehead atoms. The predicted molar refractivity (Wildman–Crippen MR) is 161 cm³/mol. The summed E-state index contributed by atoms with van der Waals surface area (Å²) in [5.74, 6) is 0. The lowest BCUT2D eigenvalue weighted by Crippen LogP contribution is -1.86. The Hall–Kier alpha value is -2.44. The first-order valence-corrected chi connectivity index (χ1v) is 14.4. The topological polar surface area (TPSA) is 57.4 Å². The standard InChI is InChI=1S/C30H32Br2N4/c1-7-17-15(5)21-11-25-19(9-3)20(10-4)26(35-25)12-22-16(6)18(8-2)24(34-22)14-28-30(32)29(31)27(36-28)13-23(17)33-21/h11-14,35-36H,7-10H2,1-6H3. The molecule has 2 aliphatic rings. The quantitative estimate of drug-likeness (QED) is 0.310. The highest BCUT2D eigenvalue weighted by molar-refractivity contribution is 9.13. The van der Waals surface area contributed by atoms with E-state index in [0.717, 1.165) is 79.5 Å². The first-order chi connectivity index (χ1) is 17.3. The first-order valence-electron chi connectivity index (χ1n) is 12.8. The van der Waals surface area contributed by atoms with Gasteiger partial charge in [0.1, 0.15) is 0 Å². The van der Waals surface area contributed by atoms with Gasteiger partial charge in [-0.2, -0.15) is 0 Å². The molecular weight excluding hydrogens is 576 g/mol. The minimum atomic E-state index is 0.931. The summed E-state index contributed by atoms with van der Waals surface area (Å²) in [6, 6.07) is 8.78. The van der Waals surface area contributed by atoms with Crippen LogP contribution in [0.15, 0.2) is 33.2 Å². The number of nitrogens with zero attached hydrogens (tertiary/aromatic N) is 2. The Labute approximate surface area is 229 Å². The molecule has 5 heterocycles. The fourth-order valence-electron chi connectivity index (χ4n) is 5.58. The van der Waals surface area contributed by atoms with E-state index in [1.807, 2.05) is 0 Å². The zero-order valence-electron chi connectivity index (χ0n) is 21.8. The number of H-pyrrole nitrogens is 2. The fourth-order valence-corrected chi connectivity index (χ4v) is 6.43. The van der Waals surface area contributed by atoms with Gasteiger partial charge >= 0.3 is 0 Å². The first kappa shape index (κ1) is 25.2. The summed E-state index contributed by atoms with van der Waals surface area (Å²) < 4.78 is 1.99. The van der Waals surface area contributed by atoms with Crippen LogP contribution in [-0.2, 0) is 12.8 Å². The number of rotatable bonds is 4. The number of aromatic amines is 2. The Morgan fingerprint density at radius 1 is 0.556 bits per heavy atom. The van der Waals surface area contributed by atoms with Gasteiger partial charge in [-0.3, -0.25) is 0 Å². The average molecular weight is 608 g/mol. The number of allylic oxidation sites excluding steroid dienone is 4. The zero-order valence-corrected chi connectivity index (χ0v) is 25.0. The van der Waals surface area contributed by atoms with E-state index in [4.69, 9.17) is 9.97 Å². The molecule has 0 fully saturated rings. The van der Waals surface area contributed by atoms with E-state index in [0.29, 0.717) is 0 Å². The minimum Gasteiger partial charge on any atom is -0.355 e. The lowest BCUT2D eigenvalue weighted by molar-refractivity contribution is 1.07. The van der Waals surface area contributed by atoms with Crippen LogP contribution in [0.25, 0.3) is 44.4 Å². The van der Waals surface area contributed by atoms with Crippen LogP contribution < -0.4 is 0 Å². The van der Waals surface area contributed by atoms with Crippen LogP contribution in [-0.4, -0.2) is 19.9 Å². The molecule has 0 spiro atoms. The fraction of sp³-hybridized carbons (Fsp3) is 0.333. The Balaban J connectivity index is 2.00. The zero-order chi connectivity index (χ0) is 25.7. The van der Waals surface area contributed by atoms with E-state index in [1.165, 1.54) is 33.4 Å². The highest BCUT2D eigenvalue weighted by Crippen LogP contribution is 2.38. The third kappa shape index (κ3) is 4.03. The van der Waals surface area contributed by atoms with Crippen molar-refractivity contribution in [2.24, 2.45) is 0 Å². The summed E-state index contributed by atoms with van der Waals surface area (Å²) >= 11 is 7.59. The normalized spacial score (nSPS) is 13.8. The number of fused-ring (bicyclic) bond motifs is 8. The molecule has 0 radical (unpaired) electrons. The van der Waals surface area contributed by atoms with Gasteiger partial charge < -0.3 is 9.97 Å². The van der Waals surface area contributed by atoms with E-state index in [2.05, 4.69) is 108 Å². The Morgan fingerprint density at radius 2 is 0.917 bits per heavy atom. The van der Waals surface area contributed by atoms with Crippen LogP contribution in [0.1, 0.15) is 88.3 Å². The number of aromatic nitrogens is 4.